The highest BCUT2D eigenvalue weighted by atomic mass is 19.4. The topological polar surface area (TPSA) is 45.6 Å². The van der Waals surface area contributed by atoms with Gasteiger partial charge in [0.1, 0.15) is 5.75 Å². The van der Waals surface area contributed by atoms with Gasteiger partial charge in [0, 0.05) is 37.9 Å². The van der Waals surface area contributed by atoms with Gasteiger partial charge in [-0.1, -0.05) is 12.1 Å². The second-order valence-corrected chi connectivity index (χ2v) is 7.17. The first kappa shape index (κ1) is 19.6. The Morgan fingerprint density at radius 3 is 2.37 bits per heavy atom. The van der Waals surface area contributed by atoms with E-state index in [1.807, 2.05) is 13.0 Å². The average Bonchev–Trinajstić information content (AvgIpc) is 2.58. The lowest BCUT2D eigenvalue weighted by molar-refractivity contribution is -0.274. The Balaban J connectivity index is 1.53. The van der Waals surface area contributed by atoms with Crippen molar-refractivity contribution in [3.8, 4) is 5.75 Å². The van der Waals surface area contributed by atoms with E-state index in [4.69, 9.17) is 0 Å². The molecule has 1 saturated heterocycles. The summed E-state index contributed by atoms with van der Waals surface area (Å²) in [6.07, 6.45) is -1.23. The summed E-state index contributed by atoms with van der Waals surface area (Å²) in [7, 11) is 0. The number of ether oxygens (including phenoxy) is 1. The number of benzene rings is 1. The number of aryl methyl sites for hydroxylation is 1. The largest absolute Gasteiger partial charge is 0.573 e. The Labute approximate surface area is 156 Å². The van der Waals surface area contributed by atoms with Crippen LogP contribution >= 0.6 is 0 Å². The average molecular weight is 380 g/mol. The summed E-state index contributed by atoms with van der Waals surface area (Å²) < 4.78 is 40.5. The van der Waals surface area contributed by atoms with Gasteiger partial charge in [0.15, 0.2) is 0 Å². The number of likely N-dealkylation sites (tertiary alicyclic amines) is 1. The molecule has 0 spiro atoms. The molecule has 27 heavy (non-hydrogen) atoms. The number of hydrogen-bond acceptors (Lipinski definition) is 4. The molecule has 146 valence electrons. The zero-order valence-electron chi connectivity index (χ0n) is 15.2. The Kier molecular flexibility index (Phi) is 5.72. The van der Waals surface area contributed by atoms with Crippen LogP contribution in [0.1, 0.15) is 29.7 Å². The first-order valence-electron chi connectivity index (χ1n) is 8.92. The molecule has 1 aliphatic rings. The van der Waals surface area contributed by atoms with Crippen molar-refractivity contribution in [1.29, 1.82) is 0 Å². The molecule has 2 heterocycles. The van der Waals surface area contributed by atoms with Crippen molar-refractivity contribution in [2.75, 3.05) is 13.1 Å². The van der Waals surface area contributed by atoms with Crippen LogP contribution in [0.25, 0.3) is 0 Å². The number of alkyl halides is 3. The van der Waals surface area contributed by atoms with E-state index in [9.17, 15) is 18.3 Å². The summed E-state index contributed by atoms with van der Waals surface area (Å²) >= 11 is 0. The molecule has 2 aromatic rings. The molecule has 1 aromatic carbocycles. The molecule has 0 aliphatic carbocycles. The van der Waals surface area contributed by atoms with Crippen LogP contribution in [0.4, 0.5) is 13.2 Å². The highest BCUT2D eigenvalue weighted by molar-refractivity contribution is 5.28. The smallest absolute Gasteiger partial charge is 0.406 e. The summed E-state index contributed by atoms with van der Waals surface area (Å²) in [5.74, 6) is -0.249. The van der Waals surface area contributed by atoms with E-state index in [-0.39, 0.29) is 5.75 Å². The Morgan fingerprint density at radius 2 is 1.78 bits per heavy atom. The Hall–Kier alpha value is -2.12. The SMILES string of the molecule is Cc1cc(CN2CCC(O)(Cc3ccc(OC(F)(F)F)cc3)CC2)ccn1. The maximum Gasteiger partial charge on any atom is 0.573 e. The minimum absolute atomic E-state index is 0.249. The lowest BCUT2D eigenvalue weighted by Gasteiger charge is -2.38. The Morgan fingerprint density at radius 1 is 1.11 bits per heavy atom. The summed E-state index contributed by atoms with van der Waals surface area (Å²) in [4.78, 5) is 6.49. The molecule has 0 radical (unpaired) electrons. The van der Waals surface area contributed by atoms with Crippen LogP contribution in [0.2, 0.25) is 0 Å². The number of piperidine rings is 1. The van der Waals surface area contributed by atoms with Gasteiger partial charge in [-0.15, -0.1) is 13.2 Å². The normalized spacial score (nSPS) is 17.7. The van der Waals surface area contributed by atoms with Crippen molar-refractivity contribution in [2.45, 2.75) is 44.7 Å². The predicted octanol–water partition coefficient (Wildman–Crippen LogP) is 3.86. The minimum atomic E-state index is -4.69. The second-order valence-electron chi connectivity index (χ2n) is 7.17. The van der Waals surface area contributed by atoms with E-state index >= 15 is 0 Å². The molecule has 0 saturated carbocycles. The van der Waals surface area contributed by atoms with Crippen LogP contribution in [-0.2, 0) is 13.0 Å². The van der Waals surface area contributed by atoms with E-state index < -0.39 is 12.0 Å². The van der Waals surface area contributed by atoms with Gasteiger partial charge >= 0.3 is 6.36 Å². The van der Waals surface area contributed by atoms with E-state index in [0.717, 1.165) is 30.9 Å². The van der Waals surface area contributed by atoms with Crippen molar-refractivity contribution in [2.24, 2.45) is 0 Å². The summed E-state index contributed by atoms with van der Waals surface area (Å²) in [5.41, 5.74) is 2.15. The lowest BCUT2D eigenvalue weighted by Crippen LogP contribution is -2.45. The fourth-order valence-electron chi connectivity index (χ4n) is 3.45. The summed E-state index contributed by atoms with van der Waals surface area (Å²) in [6, 6.07) is 9.78. The quantitative estimate of drug-likeness (QED) is 0.856. The molecule has 0 atom stereocenters. The molecule has 3 rings (SSSR count). The van der Waals surface area contributed by atoms with Crippen LogP contribution in [0, 0.1) is 6.92 Å². The number of rotatable bonds is 5. The van der Waals surface area contributed by atoms with Gasteiger partial charge < -0.3 is 9.84 Å². The molecule has 0 unspecified atom stereocenters. The number of pyridine rings is 1. The van der Waals surface area contributed by atoms with Gasteiger partial charge in [0.2, 0.25) is 0 Å². The van der Waals surface area contributed by atoms with Crippen molar-refractivity contribution >= 4 is 0 Å². The molecule has 1 fully saturated rings. The van der Waals surface area contributed by atoms with E-state index in [2.05, 4.69) is 20.7 Å². The maximum absolute atomic E-state index is 12.2. The molecular weight excluding hydrogens is 357 g/mol. The Bertz CT molecular complexity index is 755. The molecule has 7 heteroatoms. The van der Waals surface area contributed by atoms with Crippen LogP contribution < -0.4 is 4.74 Å². The molecule has 1 N–H and O–H groups in total. The first-order valence-corrected chi connectivity index (χ1v) is 8.92. The zero-order valence-corrected chi connectivity index (χ0v) is 15.2. The second kappa shape index (κ2) is 7.86. The molecular formula is C20H23F3N2O2. The fourth-order valence-corrected chi connectivity index (χ4v) is 3.45. The van der Waals surface area contributed by atoms with Crippen molar-refractivity contribution in [3.05, 3.63) is 59.4 Å². The fraction of sp³-hybridized carbons (Fsp3) is 0.450. The number of hydrogen-bond donors (Lipinski definition) is 1. The van der Waals surface area contributed by atoms with Gasteiger partial charge in [0.25, 0.3) is 0 Å². The molecule has 0 amide bonds. The van der Waals surface area contributed by atoms with Crippen molar-refractivity contribution in [3.63, 3.8) is 0 Å². The van der Waals surface area contributed by atoms with Crippen molar-refractivity contribution < 1.29 is 23.0 Å². The van der Waals surface area contributed by atoms with Gasteiger partial charge in [-0.25, -0.2) is 0 Å². The summed E-state index contributed by atoms with van der Waals surface area (Å²) in [6.45, 7) is 4.33. The van der Waals surface area contributed by atoms with Gasteiger partial charge in [-0.05, 0) is 55.2 Å². The molecule has 1 aliphatic heterocycles. The third-order valence-electron chi connectivity index (χ3n) is 4.84. The first-order chi connectivity index (χ1) is 12.7. The molecule has 4 nitrogen and oxygen atoms in total. The van der Waals surface area contributed by atoms with Crippen LogP contribution in [0.15, 0.2) is 42.6 Å². The monoisotopic (exact) mass is 380 g/mol. The zero-order chi connectivity index (χ0) is 19.5. The number of nitrogens with zero attached hydrogens (tertiary/aromatic N) is 2. The maximum atomic E-state index is 12.2. The van der Waals surface area contributed by atoms with E-state index in [0.29, 0.717) is 19.3 Å². The predicted molar refractivity (Wildman–Crippen MR) is 95.3 cm³/mol. The lowest BCUT2D eigenvalue weighted by atomic mass is 9.85. The van der Waals surface area contributed by atoms with Crippen LogP contribution in [-0.4, -0.2) is 40.0 Å². The van der Waals surface area contributed by atoms with Gasteiger partial charge in [-0.3, -0.25) is 9.88 Å². The molecule has 0 bridgehead atoms. The van der Waals surface area contributed by atoms with Crippen molar-refractivity contribution in [1.82, 2.24) is 9.88 Å². The highest BCUT2D eigenvalue weighted by Gasteiger charge is 2.33. The van der Waals surface area contributed by atoms with Crippen LogP contribution in [0.3, 0.4) is 0 Å². The van der Waals surface area contributed by atoms with E-state index in [1.54, 1.807) is 18.3 Å². The van der Waals surface area contributed by atoms with Crippen LogP contribution in [0.5, 0.6) is 5.75 Å². The third kappa shape index (κ3) is 5.94. The highest BCUT2D eigenvalue weighted by Crippen LogP contribution is 2.29. The molecule has 1 aromatic heterocycles. The third-order valence-corrected chi connectivity index (χ3v) is 4.84. The number of halogens is 3. The number of aliphatic hydroxyl groups is 1. The van der Waals surface area contributed by atoms with Gasteiger partial charge in [-0.2, -0.15) is 0 Å². The van der Waals surface area contributed by atoms with E-state index in [1.165, 1.54) is 17.7 Å². The summed E-state index contributed by atoms with van der Waals surface area (Å²) in [5, 5.41) is 10.9. The standard InChI is InChI=1S/C20H23F3N2O2/c1-15-12-17(6-9-24-15)14-25-10-7-19(26,8-11-25)13-16-2-4-18(5-3-16)27-20(21,22)23/h2-6,9,12,26H,7-8,10-11,13-14H2,1H3. The van der Waals surface area contributed by atoms with Gasteiger partial charge in [0.05, 0.1) is 5.60 Å². The minimum Gasteiger partial charge on any atom is -0.406 e. The number of aromatic nitrogens is 1.